The Morgan fingerprint density at radius 2 is 2.15 bits per heavy atom. The van der Waals surface area contributed by atoms with E-state index in [0.717, 1.165) is 10.4 Å². The molecule has 0 saturated heterocycles. The molecule has 2 heterocycles. The maximum Gasteiger partial charge on any atom is 0.318 e. The van der Waals surface area contributed by atoms with E-state index < -0.39 is 5.25 Å². The van der Waals surface area contributed by atoms with Gasteiger partial charge >= 0.3 is 5.97 Å². The highest BCUT2D eigenvalue weighted by molar-refractivity contribution is 8.00. The number of methoxy groups -OCH3 is 1. The van der Waals surface area contributed by atoms with Gasteiger partial charge in [-0.2, -0.15) is 0 Å². The van der Waals surface area contributed by atoms with E-state index in [0.29, 0.717) is 21.9 Å². The van der Waals surface area contributed by atoms with Crippen LogP contribution in [0, 0.1) is 0 Å². The van der Waals surface area contributed by atoms with Crippen LogP contribution in [0.2, 0.25) is 0 Å². The lowest BCUT2D eigenvalue weighted by atomic mass is 10.2. The van der Waals surface area contributed by atoms with Crippen molar-refractivity contribution in [3.8, 4) is 10.4 Å². The Hall–Kier alpha value is -2.38. The third kappa shape index (κ3) is 3.59. The number of rotatable bonds is 6. The van der Waals surface area contributed by atoms with Gasteiger partial charge in [0.25, 0.3) is 5.56 Å². The quantitative estimate of drug-likeness (QED) is 0.278. The number of hydrogen-bond donors (Lipinski definition) is 0. The van der Waals surface area contributed by atoms with Crippen LogP contribution in [-0.2, 0) is 16.1 Å². The molecule has 0 fully saturated rings. The molecule has 2 aromatic heterocycles. The van der Waals surface area contributed by atoms with Crippen LogP contribution in [0.25, 0.3) is 20.7 Å². The van der Waals surface area contributed by atoms with Crippen LogP contribution >= 0.6 is 23.1 Å². The minimum Gasteiger partial charge on any atom is -0.468 e. The van der Waals surface area contributed by atoms with Gasteiger partial charge in [0, 0.05) is 11.4 Å². The molecule has 0 aliphatic carbocycles. The van der Waals surface area contributed by atoms with Crippen molar-refractivity contribution in [1.82, 2.24) is 9.55 Å². The van der Waals surface area contributed by atoms with Crippen LogP contribution in [-0.4, -0.2) is 27.9 Å². The summed E-state index contributed by atoms with van der Waals surface area (Å²) in [6.07, 6.45) is 1.65. The molecule has 1 atom stereocenters. The first-order chi connectivity index (χ1) is 12.5. The fourth-order valence-corrected chi connectivity index (χ4v) is 4.52. The number of allylic oxidation sites excluding steroid dienone is 1. The number of fused-ring (bicyclic) bond motifs is 1. The summed E-state index contributed by atoms with van der Waals surface area (Å²) >= 11 is 2.68. The second-order valence-electron chi connectivity index (χ2n) is 5.58. The predicted octanol–water partition coefficient (Wildman–Crippen LogP) is 3.96. The molecule has 1 aromatic carbocycles. The van der Waals surface area contributed by atoms with Gasteiger partial charge in [-0.1, -0.05) is 48.2 Å². The molecule has 0 saturated carbocycles. The van der Waals surface area contributed by atoms with Crippen molar-refractivity contribution in [1.29, 1.82) is 0 Å². The van der Waals surface area contributed by atoms with Crippen LogP contribution in [0.3, 0.4) is 0 Å². The summed E-state index contributed by atoms with van der Waals surface area (Å²) in [6.45, 7) is 5.77. The van der Waals surface area contributed by atoms with Gasteiger partial charge in [-0.15, -0.1) is 17.9 Å². The van der Waals surface area contributed by atoms with Crippen molar-refractivity contribution in [2.75, 3.05) is 7.11 Å². The van der Waals surface area contributed by atoms with Gasteiger partial charge in [0.15, 0.2) is 5.16 Å². The van der Waals surface area contributed by atoms with Crippen molar-refractivity contribution in [2.24, 2.45) is 0 Å². The van der Waals surface area contributed by atoms with E-state index in [1.165, 1.54) is 30.2 Å². The maximum absolute atomic E-state index is 13.0. The fraction of sp³-hybridized carbons (Fsp3) is 0.211. The summed E-state index contributed by atoms with van der Waals surface area (Å²) in [7, 11) is 1.35. The number of carbonyl (C=O) groups is 1. The molecule has 0 aliphatic rings. The van der Waals surface area contributed by atoms with Gasteiger partial charge in [-0.05, 0) is 18.6 Å². The van der Waals surface area contributed by atoms with E-state index in [1.54, 1.807) is 17.6 Å². The van der Waals surface area contributed by atoms with Crippen LogP contribution in [0.4, 0.5) is 0 Å². The predicted molar refractivity (Wildman–Crippen MR) is 107 cm³/mol. The van der Waals surface area contributed by atoms with Crippen LogP contribution < -0.4 is 5.56 Å². The molecule has 0 bridgehead atoms. The van der Waals surface area contributed by atoms with Crippen molar-refractivity contribution < 1.29 is 9.53 Å². The third-order valence-corrected chi connectivity index (χ3v) is 5.95. The molecule has 134 valence electrons. The number of thiophene rings is 1. The van der Waals surface area contributed by atoms with Gasteiger partial charge in [-0.25, -0.2) is 4.98 Å². The second kappa shape index (κ2) is 7.88. The largest absolute Gasteiger partial charge is 0.468 e. The first-order valence-electron chi connectivity index (χ1n) is 8.00. The number of carbonyl (C=O) groups excluding carboxylic acids is 1. The number of nitrogens with zero attached hydrogens (tertiary/aromatic N) is 2. The SMILES string of the molecule is C=CCn1c(S[C@H](C)C(=O)OC)nc2sc(-c3ccccc3)cc2c1=O. The molecule has 7 heteroatoms. The summed E-state index contributed by atoms with van der Waals surface area (Å²) in [6, 6.07) is 11.8. The minimum atomic E-state index is -0.464. The minimum absolute atomic E-state index is 0.132. The monoisotopic (exact) mass is 386 g/mol. The van der Waals surface area contributed by atoms with Crippen molar-refractivity contribution in [2.45, 2.75) is 23.9 Å². The lowest BCUT2D eigenvalue weighted by Crippen LogP contribution is -2.24. The average molecular weight is 386 g/mol. The molecule has 0 amide bonds. The molecule has 5 nitrogen and oxygen atoms in total. The molecule has 0 N–H and O–H groups in total. The zero-order valence-corrected chi connectivity index (χ0v) is 16.1. The Morgan fingerprint density at radius 1 is 1.42 bits per heavy atom. The van der Waals surface area contributed by atoms with E-state index in [1.807, 2.05) is 36.4 Å². The topological polar surface area (TPSA) is 61.2 Å². The number of aromatic nitrogens is 2. The number of ether oxygens (including phenoxy) is 1. The second-order valence-corrected chi connectivity index (χ2v) is 7.92. The Kier molecular flexibility index (Phi) is 5.58. The number of thioether (sulfide) groups is 1. The molecule has 26 heavy (non-hydrogen) atoms. The van der Waals surface area contributed by atoms with Gasteiger partial charge in [0.1, 0.15) is 10.1 Å². The average Bonchev–Trinajstić information content (AvgIpc) is 3.09. The Balaban J connectivity index is 2.12. The van der Waals surface area contributed by atoms with Gasteiger partial charge in [0.2, 0.25) is 0 Å². The first-order valence-corrected chi connectivity index (χ1v) is 9.70. The summed E-state index contributed by atoms with van der Waals surface area (Å²) < 4.78 is 6.31. The van der Waals surface area contributed by atoms with Crippen LogP contribution in [0.1, 0.15) is 6.92 Å². The smallest absolute Gasteiger partial charge is 0.318 e. The van der Waals surface area contributed by atoms with Crippen molar-refractivity contribution in [3.63, 3.8) is 0 Å². The maximum atomic E-state index is 13.0. The molecule has 0 radical (unpaired) electrons. The van der Waals surface area contributed by atoms with E-state index in [4.69, 9.17) is 4.74 Å². The molecule has 3 aromatic rings. The lowest BCUT2D eigenvalue weighted by molar-refractivity contribution is -0.139. The summed E-state index contributed by atoms with van der Waals surface area (Å²) in [5.74, 6) is -0.356. The Bertz CT molecular complexity index is 1010. The zero-order chi connectivity index (χ0) is 18.7. The molecular weight excluding hydrogens is 368 g/mol. The van der Waals surface area contributed by atoms with Gasteiger partial charge in [-0.3, -0.25) is 14.2 Å². The third-order valence-electron chi connectivity index (χ3n) is 3.80. The Labute approximate surface area is 159 Å². The Morgan fingerprint density at radius 3 is 2.81 bits per heavy atom. The van der Waals surface area contributed by atoms with Crippen molar-refractivity contribution in [3.05, 3.63) is 59.4 Å². The van der Waals surface area contributed by atoms with Crippen LogP contribution in [0.15, 0.2) is 59.0 Å². The van der Waals surface area contributed by atoms with E-state index in [-0.39, 0.29) is 11.5 Å². The zero-order valence-electron chi connectivity index (χ0n) is 14.5. The van der Waals surface area contributed by atoms with Gasteiger partial charge in [0.05, 0.1) is 12.5 Å². The molecular formula is C19H18N2O3S2. The van der Waals surface area contributed by atoms with Crippen LogP contribution in [0.5, 0.6) is 0 Å². The van der Waals surface area contributed by atoms with E-state index in [9.17, 15) is 9.59 Å². The molecule has 0 unspecified atom stereocenters. The summed E-state index contributed by atoms with van der Waals surface area (Å²) in [5.41, 5.74) is 0.912. The first kappa shape index (κ1) is 18.4. The molecule has 0 spiro atoms. The molecule has 3 rings (SSSR count). The van der Waals surface area contributed by atoms with E-state index in [2.05, 4.69) is 11.6 Å². The van der Waals surface area contributed by atoms with Crippen molar-refractivity contribution >= 4 is 39.3 Å². The standard InChI is InChI=1S/C19H18N2O3S2/c1-4-10-21-17(22)14-11-15(13-8-6-5-7-9-13)26-16(14)20-19(21)25-12(2)18(23)24-3/h4-9,11-12H,1,10H2,2-3H3/t12-/m1/s1. The van der Waals surface area contributed by atoms with Gasteiger partial charge < -0.3 is 4.74 Å². The number of esters is 1. The fourth-order valence-electron chi connectivity index (χ4n) is 2.49. The highest BCUT2D eigenvalue weighted by Crippen LogP contribution is 2.32. The summed E-state index contributed by atoms with van der Waals surface area (Å²) in [5, 5.41) is 0.599. The number of hydrogen-bond acceptors (Lipinski definition) is 6. The highest BCUT2D eigenvalue weighted by atomic mass is 32.2. The molecule has 0 aliphatic heterocycles. The lowest BCUT2D eigenvalue weighted by Gasteiger charge is -2.13. The summed E-state index contributed by atoms with van der Waals surface area (Å²) in [4.78, 5) is 31.0. The number of benzene rings is 1. The normalized spacial score (nSPS) is 12.1. The highest BCUT2D eigenvalue weighted by Gasteiger charge is 2.20. The van der Waals surface area contributed by atoms with E-state index >= 15 is 0 Å².